The molecule has 31 heavy (non-hydrogen) atoms. The summed E-state index contributed by atoms with van der Waals surface area (Å²) in [6.45, 7) is 2.47. The molecule has 1 atom stereocenters. The lowest BCUT2D eigenvalue weighted by molar-refractivity contribution is -0.140. The monoisotopic (exact) mass is 416 g/mol. The number of methoxy groups -OCH3 is 1. The van der Waals surface area contributed by atoms with Crippen molar-refractivity contribution in [2.45, 2.75) is 32.5 Å². The average Bonchev–Trinajstić information content (AvgIpc) is 2.82. The Balaban J connectivity index is 1.73. The molecule has 0 aliphatic carbocycles. The topological polar surface area (TPSA) is 58.6 Å². The molecule has 0 aromatic heterocycles. The van der Waals surface area contributed by atoms with Crippen LogP contribution in [0.4, 0.5) is 0 Å². The van der Waals surface area contributed by atoms with Gasteiger partial charge in [0.05, 0.1) is 13.5 Å². The van der Waals surface area contributed by atoms with Crippen LogP contribution in [0.2, 0.25) is 0 Å². The summed E-state index contributed by atoms with van der Waals surface area (Å²) in [6, 6.07) is 26.2. The predicted octanol–water partition coefficient (Wildman–Crippen LogP) is 3.97. The third-order valence-electron chi connectivity index (χ3n) is 5.21. The molecule has 0 aliphatic heterocycles. The number of para-hydroxylation sites is 1. The van der Waals surface area contributed by atoms with Crippen LogP contribution in [0.1, 0.15) is 23.6 Å². The van der Waals surface area contributed by atoms with Gasteiger partial charge in [0.25, 0.3) is 0 Å². The van der Waals surface area contributed by atoms with Gasteiger partial charge in [-0.25, -0.2) is 0 Å². The number of carbonyl (C=O) groups is 2. The number of rotatable bonds is 9. The first-order valence-electron chi connectivity index (χ1n) is 10.4. The van der Waals surface area contributed by atoms with Gasteiger partial charge >= 0.3 is 0 Å². The van der Waals surface area contributed by atoms with Crippen LogP contribution in [0.3, 0.4) is 0 Å². The van der Waals surface area contributed by atoms with Crippen LogP contribution in [0.15, 0.2) is 84.9 Å². The zero-order valence-corrected chi connectivity index (χ0v) is 18.0. The van der Waals surface area contributed by atoms with Crippen molar-refractivity contribution in [2.75, 3.05) is 7.11 Å². The first-order valence-corrected chi connectivity index (χ1v) is 10.4. The summed E-state index contributed by atoms with van der Waals surface area (Å²) in [5.41, 5.74) is 2.79. The fraction of sp³-hybridized carbons (Fsp3) is 0.231. The second kappa shape index (κ2) is 11.0. The summed E-state index contributed by atoms with van der Waals surface area (Å²) in [5, 5.41) is 2.95. The summed E-state index contributed by atoms with van der Waals surface area (Å²) in [6.07, 6.45) is 0.248. The number of nitrogens with one attached hydrogen (secondary N) is 1. The van der Waals surface area contributed by atoms with Crippen LogP contribution in [-0.4, -0.2) is 29.9 Å². The van der Waals surface area contributed by atoms with E-state index in [-0.39, 0.29) is 18.2 Å². The van der Waals surface area contributed by atoms with Crippen molar-refractivity contribution >= 4 is 11.8 Å². The molecule has 0 fully saturated rings. The smallest absolute Gasteiger partial charge is 0.242 e. The number of benzene rings is 3. The molecule has 5 heteroatoms. The number of nitrogens with zero attached hydrogens (tertiary/aromatic N) is 1. The van der Waals surface area contributed by atoms with Crippen LogP contribution >= 0.6 is 0 Å². The highest BCUT2D eigenvalue weighted by atomic mass is 16.5. The van der Waals surface area contributed by atoms with E-state index in [9.17, 15) is 9.59 Å². The van der Waals surface area contributed by atoms with Crippen molar-refractivity contribution in [3.8, 4) is 5.75 Å². The molecule has 0 aliphatic rings. The van der Waals surface area contributed by atoms with Gasteiger partial charge in [-0.1, -0.05) is 78.9 Å². The molecule has 0 radical (unpaired) electrons. The quantitative estimate of drug-likeness (QED) is 0.574. The largest absolute Gasteiger partial charge is 0.496 e. The summed E-state index contributed by atoms with van der Waals surface area (Å²) < 4.78 is 5.35. The molecule has 0 heterocycles. The molecule has 3 aromatic rings. The zero-order chi connectivity index (χ0) is 22.1. The minimum atomic E-state index is -0.619. The maximum atomic E-state index is 13.2. The zero-order valence-electron chi connectivity index (χ0n) is 18.0. The van der Waals surface area contributed by atoms with Crippen LogP contribution in [0.25, 0.3) is 0 Å². The Kier molecular flexibility index (Phi) is 7.82. The van der Waals surface area contributed by atoms with Crippen LogP contribution in [0, 0.1) is 0 Å². The maximum Gasteiger partial charge on any atom is 0.242 e. The van der Waals surface area contributed by atoms with E-state index in [4.69, 9.17) is 4.74 Å². The van der Waals surface area contributed by atoms with Crippen LogP contribution < -0.4 is 10.1 Å². The molecule has 2 amide bonds. The molecular weight excluding hydrogens is 388 g/mol. The SMILES string of the molecule is COc1ccccc1CNC(=O)C(C)N(Cc1ccccc1)C(=O)Cc1ccccc1. The molecule has 160 valence electrons. The van der Waals surface area contributed by atoms with Crippen LogP contribution in [-0.2, 0) is 29.1 Å². The minimum Gasteiger partial charge on any atom is -0.496 e. The lowest BCUT2D eigenvalue weighted by Crippen LogP contribution is -2.48. The lowest BCUT2D eigenvalue weighted by atomic mass is 10.1. The van der Waals surface area contributed by atoms with E-state index < -0.39 is 6.04 Å². The van der Waals surface area contributed by atoms with Gasteiger partial charge in [0.2, 0.25) is 11.8 Å². The predicted molar refractivity (Wildman–Crippen MR) is 121 cm³/mol. The van der Waals surface area contributed by atoms with Gasteiger partial charge in [-0.15, -0.1) is 0 Å². The van der Waals surface area contributed by atoms with Gasteiger partial charge in [0.1, 0.15) is 11.8 Å². The molecule has 0 saturated carbocycles. The van der Waals surface area contributed by atoms with Crippen molar-refractivity contribution < 1.29 is 14.3 Å². The molecule has 3 rings (SSSR count). The first kappa shape index (κ1) is 22.1. The summed E-state index contributed by atoms with van der Waals surface area (Å²) in [5.74, 6) is 0.426. The molecule has 0 spiro atoms. The second-order valence-electron chi connectivity index (χ2n) is 7.38. The van der Waals surface area contributed by atoms with E-state index in [0.717, 1.165) is 22.4 Å². The van der Waals surface area contributed by atoms with Crippen molar-refractivity contribution in [1.82, 2.24) is 10.2 Å². The van der Waals surface area contributed by atoms with E-state index in [1.165, 1.54) is 0 Å². The summed E-state index contributed by atoms with van der Waals surface area (Å²) in [4.78, 5) is 27.8. The Bertz CT molecular complexity index is 990. The fourth-order valence-electron chi connectivity index (χ4n) is 3.41. The number of amides is 2. The van der Waals surface area contributed by atoms with Gasteiger partial charge in [-0.3, -0.25) is 9.59 Å². The van der Waals surface area contributed by atoms with E-state index in [1.807, 2.05) is 84.9 Å². The molecule has 1 N–H and O–H groups in total. The van der Waals surface area contributed by atoms with Crippen molar-refractivity contribution in [3.05, 3.63) is 102 Å². The Morgan fingerprint density at radius 1 is 0.871 bits per heavy atom. The Morgan fingerprint density at radius 2 is 1.45 bits per heavy atom. The van der Waals surface area contributed by atoms with E-state index >= 15 is 0 Å². The molecule has 0 saturated heterocycles. The van der Waals surface area contributed by atoms with E-state index in [1.54, 1.807) is 18.9 Å². The Morgan fingerprint density at radius 3 is 2.10 bits per heavy atom. The standard InChI is InChI=1S/C26H28N2O3/c1-20(26(30)27-18-23-15-9-10-16-24(23)31-2)28(19-22-13-7-4-8-14-22)25(29)17-21-11-5-3-6-12-21/h3-16,20H,17-19H2,1-2H3,(H,27,30). The highest BCUT2D eigenvalue weighted by Crippen LogP contribution is 2.17. The fourth-order valence-corrected chi connectivity index (χ4v) is 3.41. The molecular formula is C26H28N2O3. The molecule has 5 nitrogen and oxygen atoms in total. The normalized spacial score (nSPS) is 11.4. The Labute approximate surface area is 183 Å². The Hall–Kier alpha value is -3.60. The molecule has 1 unspecified atom stereocenters. The van der Waals surface area contributed by atoms with Crippen molar-refractivity contribution in [3.63, 3.8) is 0 Å². The third-order valence-corrected chi connectivity index (χ3v) is 5.21. The van der Waals surface area contributed by atoms with Gasteiger partial charge < -0.3 is 15.0 Å². The first-order chi connectivity index (χ1) is 15.1. The highest BCUT2D eigenvalue weighted by molar-refractivity contribution is 5.88. The van der Waals surface area contributed by atoms with Crippen molar-refractivity contribution in [2.24, 2.45) is 0 Å². The summed E-state index contributed by atoms with van der Waals surface area (Å²) in [7, 11) is 1.60. The van der Waals surface area contributed by atoms with Gasteiger partial charge in [0.15, 0.2) is 0 Å². The molecule has 0 bridgehead atoms. The number of hydrogen-bond acceptors (Lipinski definition) is 3. The van der Waals surface area contributed by atoms with Crippen LogP contribution in [0.5, 0.6) is 5.75 Å². The summed E-state index contributed by atoms with van der Waals surface area (Å²) >= 11 is 0. The third kappa shape index (κ3) is 6.19. The molecule has 3 aromatic carbocycles. The van der Waals surface area contributed by atoms with Gasteiger partial charge in [-0.05, 0) is 24.1 Å². The minimum absolute atomic E-state index is 0.0880. The van der Waals surface area contributed by atoms with E-state index in [2.05, 4.69) is 5.32 Å². The average molecular weight is 417 g/mol. The number of carbonyl (C=O) groups excluding carboxylic acids is 2. The highest BCUT2D eigenvalue weighted by Gasteiger charge is 2.26. The maximum absolute atomic E-state index is 13.2. The van der Waals surface area contributed by atoms with Crippen molar-refractivity contribution in [1.29, 1.82) is 0 Å². The van der Waals surface area contributed by atoms with Gasteiger partial charge in [-0.2, -0.15) is 0 Å². The second-order valence-corrected chi connectivity index (χ2v) is 7.38. The van der Waals surface area contributed by atoms with Gasteiger partial charge in [0, 0.05) is 18.7 Å². The lowest BCUT2D eigenvalue weighted by Gasteiger charge is -2.29. The number of hydrogen-bond donors (Lipinski definition) is 1. The number of ether oxygens (including phenoxy) is 1. The van der Waals surface area contributed by atoms with E-state index in [0.29, 0.717) is 13.1 Å².